The molecule has 2 aromatic carbocycles. The first kappa shape index (κ1) is 27.6. The van der Waals surface area contributed by atoms with E-state index in [9.17, 15) is 28.1 Å². The molecule has 1 N–H and O–H groups in total. The van der Waals surface area contributed by atoms with Crippen LogP contribution in [0.3, 0.4) is 0 Å². The number of sulfonamides is 1. The Morgan fingerprint density at radius 2 is 1.81 bits per heavy atom. The van der Waals surface area contributed by atoms with Gasteiger partial charge in [0.05, 0.1) is 16.9 Å². The summed E-state index contributed by atoms with van der Waals surface area (Å²) in [4.78, 5) is 38.5. The average Bonchev–Trinajstić information content (AvgIpc) is 3.34. The molecule has 12 heteroatoms. The minimum absolute atomic E-state index is 0.00768. The van der Waals surface area contributed by atoms with Gasteiger partial charge in [0.15, 0.2) is 0 Å². The average molecular weight is 581 g/mol. The number of nitrogens with one attached hydrogen (secondary N) is 1. The largest absolute Gasteiger partial charge is 0.352 e. The SMILES string of the molecule is C[C@@H](C(=O)NC1CCCC1)N(Cc1ccc(Br)cc1)C(=O)CN(c1cccc([N+](=O)[O-])c1)S(C)(=O)=O. The summed E-state index contributed by atoms with van der Waals surface area (Å²) >= 11 is 3.37. The lowest BCUT2D eigenvalue weighted by Gasteiger charge is -2.32. The molecule has 0 unspecified atom stereocenters. The van der Waals surface area contributed by atoms with E-state index >= 15 is 0 Å². The summed E-state index contributed by atoms with van der Waals surface area (Å²) < 4.78 is 26.9. The van der Waals surface area contributed by atoms with E-state index in [0.29, 0.717) is 0 Å². The summed E-state index contributed by atoms with van der Waals surface area (Å²) in [6.45, 7) is 1.08. The zero-order chi connectivity index (χ0) is 26.5. The van der Waals surface area contributed by atoms with Crippen molar-refractivity contribution in [3.63, 3.8) is 0 Å². The van der Waals surface area contributed by atoms with Crippen molar-refractivity contribution >= 4 is 49.1 Å². The Balaban J connectivity index is 1.90. The van der Waals surface area contributed by atoms with E-state index in [1.165, 1.54) is 23.1 Å². The van der Waals surface area contributed by atoms with Crippen LogP contribution in [0.5, 0.6) is 0 Å². The van der Waals surface area contributed by atoms with Crippen molar-refractivity contribution in [2.75, 3.05) is 17.1 Å². The highest BCUT2D eigenvalue weighted by atomic mass is 79.9. The second-order valence-corrected chi connectivity index (χ2v) is 11.7. The summed E-state index contributed by atoms with van der Waals surface area (Å²) in [6, 6.07) is 11.5. The molecule has 1 saturated carbocycles. The van der Waals surface area contributed by atoms with Crippen LogP contribution >= 0.6 is 15.9 Å². The zero-order valence-electron chi connectivity index (χ0n) is 20.1. The van der Waals surface area contributed by atoms with Gasteiger partial charge in [-0.25, -0.2) is 8.42 Å². The van der Waals surface area contributed by atoms with Crippen molar-refractivity contribution in [1.29, 1.82) is 0 Å². The van der Waals surface area contributed by atoms with Gasteiger partial charge in [-0.2, -0.15) is 0 Å². The molecule has 2 aromatic rings. The molecular formula is C24H29BrN4O6S. The molecule has 2 amide bonds. The number of carbonyl (C=O) groups is 2. The number of amides is 2. The number of hydrogen-bond donors (Lipinski definition) is 1. The first-order chi connectivity index (χ1) is 17.0. The van der Waals surface area contributed by atoms with Gasteiger partial charge in [-0.1, -0.05) is 47.0 Å². The highest BCUT2D eigenvalue weighted by Crippen LogP contribution is 2.24. The molecule has 0 aromatic heterocycles. The fourth-order valence-electron chi connectivity index (χ4n) is 4.14. The third-order valence-corrected chi connectivity index (χ3v) is 7.81. The third kappa shape index (κ3) is 7.26. The molecule has 0 bridgehead atoms. The highest BCUT2D eigenvalue weighted by molar-refractivity contribution is 9.10. The fraction of sp³-hybridized carbons (Fsp3) is 0.417. The van der Waals surface area contributed by atoms with Crippen LogP contribution in [0.15, 0.2) is 53.0 Å². The molecule has 1 fully saturated rings. The van der Waals surface area contributed by atoms with Gasteiger partial charge < -0.3 is 10.2 Å². The lowest BCUT2D eigenvalue weighted by Crippen LogP contribution is -2.52. The number of halogens is 1. The lowest BCUT2D eigenvalue weighted by atomic mass is 10.1. The Morgan fingerprint density at radius 3 is 2.39 bits per heavy atom. The molecule has 1 aliphatic rings. The number of carbonyl (C=O) groups excluding carboxylic acids is 2. The van der Waals surface area contributed by atoms with Crippen molar-refractivity contribution in [1.82, 2.24) is 10.2 Å². The fourth-order valence-corrected chi connectivity index (χ4v) is 5.24. The minimum Gasteiger partial charge on any atom is -0.352 e. The molecule has 1 aliphatic carbocycles. The van der Waals surface area contributed by atoms with Crippen molar-refractivity contribution in [3.8, 4) is 0 Å². The number of benzene rings is 2. The monoisotopic (exact) mass is 580 g/mol. The predicted octanol–water partition coefficient (Wildman–Crippen LogP) is 3.60. The second kappa shape index (κ2) is 11.8. The summed E-state index contributed by atoms with van der Waals surface area (Å²) in [5.74, 6) is -0.919. The van der Waals surface area contributed by atoms with Gasteiger partial charge in [0.2, 0.25) is 21.8 Å². The van der Waals surface area contributed by atoms with Crippen molar-refractivity contribution in [3.05, 3.63) is 68.7 Å². The summed E-state index contributed by atoms with van der Waals surface area (Å²) in [6.07, 6.45) is 4.76. The van der Waals surface area contributed by atoms with E-state index in [4.69, 9.17) is 0 Å². The predicted molar refractivity (Wildman–Crippen MR) is 140 cm³/mol. The Kier molecular flexibility index (Phi) is 9.07. The smallest absolute Gasteiger partial charge is 0.271 e. The van der Waals surface area contributed by atoms with Crippen LogP contribution < -0.4 is 9.62 Å². The maximum Gasteiger partial charge on any atom is 0.271 e. The van der Waals surface area contributed by atoms with Crippen molar-refractivity contribution in [2.45, 2.75) is 51.2 Å². The normalized spacial score (nSPS) is 14.8. The number of non-ortho nitro benzene ring substituents is 1. The number of hydrogen-bond acceptors (Lipinski definition) is 6. The Bertz CT molecular complexity index is 1220. The first-order valence-corrected chi connectivity index (χ1v) is 14.2. The van der Waals surface area contributed by atoms with Crippen molar-refractivity contribution < 1.29 is 22.9 Å². The molecule has 0 aliphatic heterocycles. The van der Waals surface area contributed by atoms with E-state index < -0.39 is 33.4 Å². The Morgan fingerprint density at radius 1 is 1.17 bits per heavy atom. The van der Waals surface area contributed by atoms with Crippen LogP contribution in [0.4, 0.5) is 11.4 Å². The van der Waals surface area contributed by atoms with E-state index in [1.54, 1.807) is 19.1 Å². The molecule has 0 spiro atoms. The maximum atomic E-state index is 13.5. The summed E-state index contributed by atoms with van der Waals surface area (Å²) in [5.41, 5.74) is 0.449. The summed E-state index contributed by atoms with van der Waals surface area (Å²) in [5, 5.41) is 14.2. The van der Waals surface area contributed by atoms with E-state index in [1.807, 2.05) is 12.1 Å². The van der Waals surface area contributed by atoms with Crippen LogP contribution in [-0.2, 0) is 26.2 Å². The lowest BCUT2D eigenvalue weighted by molar-refractivity contribution is -0.384. The number of anilines is 1. The van der Waals surface area contributed by atoms with Crippen LogP contribution in [-0.4, -0.2) is 54.9 Å². The van der Waals surface area contributed by atoms with Crippen molar-refractivity contribution in [2.24, 2.45) is 0 Å². The van der Waals surface area contributed by atoms with E-state index in [-0.39, 0.29) is 29.9 Å². The molecule has 1 atom stereocenters. The molecule has 3 rings (SSSR count). The number of rotatable bonds is 10. The van der Waals surface area contributed by atoms with Gasteiger partial charge in [0.1, 0.15) is 12.6 Å². The number of nitro groups is 1. The van der Waals surface area contributed by atoms with Gasteiger partial charge in [-0.05, 0) is 43.5 Å². The topological polar surface area (TPSA) is 130 Å². The van der Waals surface area contributed by atoms with Crippen LogP contribution in [0.2, 0.25) is 0 Å². The summed E-state index contributed by atoms with van der Waals surface area (Å²) in [7, 11) is -3.98. The van der Waals surface area contributed by atoms with Crippen LogP contribution in [0, 0.1) is 10.1 Å². The minimum atomic E-state index is -3.98. The molecule has 0 heterocycles. The highest BCUT2D eigenvalue weighted by Gasteiger charge is 2.31. The van der Waals surface area contributed by atoms with E-state index in [2.05, 4.69) is 21.2 Å². The first-order valence-electron chi connectivity index (χ1n) is 11.5. The van der Waals surface area contributed by atoms with Gasteiger partial charge in [0, 0.05) is 29.2 Å². The second-order valence-electron chi connectivity index (χ2n) is 8.86. The number of nitrogens with zero attached hydrogens (tertiary/aromatic N) is 3. The molecule has 194 valence electrons. The van der Waals surface area contributed by atoms with E-state index in [0.717, 1.165) is 52.3 Å². The molecule has 10 nitrogen and oxygen atoms in total. The molecule has 0 saturated heterocycles. The van der Waals surface area contributed by atoms with Gasteiger partial charge in [0.25, 0.3) is 5.69 Å². The standard InChI is InChI=1S/C24H29BrN4O6S/c1-17(24(31)26-20-6-3-4-7-20)27(15-18-10-12-19(25)13-11-18)23(30)16-28(36(2,34)35)21-8-5-9-22(14-21)29(32)33/h5,8-14,17,20H,3-4,6-7,15-16H2,1-2H3,(H,26,31)/t17-/m0/s1. The third-order valence-electron chi connectivity index (χ3n) is 6.14. The van der Waals surface area contributed by atoms with Gasteiger partial charge >= 0.3 is 0 Å². The molecule has 0 radical (unpaired) electrons. The van der Waals surface area contributed by atoms with Crippen LogP contribution in [0.25, 0.3) is 0 Å². The van der Waals surface area contributed by atoms with Gasteiger partial charge in [-0.3, -0.25) is 24.0 Å². The number of nitro benzene ring substituents is 1. The quantitative estimate of drug-likeness (QED) is 0.337. The Hall–Kier alpha value is -2.99. The maximum absolute atomic E-state index is 13.5. The molecular weight excluding hydrogens is 552 g/mol. The zero-order valence-corrected chi connectivity index (χ0v) is 22.5. The van der Waals surface area contributed by atoms with Gasteiger partial charge in [-0.15, -0.1) is 0 Å². The van der Waals surface area contributed by atoms with Crippen LogP contribution in [0.1, 0.15) is 38.2 Å². The Labute approximate surface area is 219 Å². The molecule has 36 heavy (non-hydrogen) atoms.